The number of epoxide rings is 1. The molecule has 1 aliphatic rings. The van der Waals surface area contributed by atoms with Crippen molar-refractivity contribution in [3.63, 3.8) is 0 Å². The molecule has 44 valence electrons. The largest absolute Gasteiger partial charge is 0.353 e. The van der Waals surface area contributed by atoms with Gasteiger partial charge < -0.3 is 4.74 Å². The first kappa shape index (κ1) is 5.94. The molecule has 1 saturated heterocycles. The van der Waals surface area contributed by atoms with Gasteiger partial charge in [0, 0.05) is 5.38 Å². The van der Waals surface area contributed by atoms with Crippen LogP contribution in [0.25, 0.3) is 0 Å². The number of hydrogen-bond acceptors (Lipinski definition) is 1. The molecule has 0 N–H and O–H groups in total. The highest BCUT2D eigenvalue weighted by Crippen LogP contribution is 2.34. The summed E-state index contributed by atoms with van der Waals surface area (Å²) >= 11 is 5.12. The van der Waals surface area contributed by atoms with E-state index in [0.29, 0.717) is 0 Å². The minimum atomic E-state index is -0.0398. The van der Waals surface area contributed by atoms with Crippen molar-refractivity contribution >= 4 is 11.6 Å². The molecular formula is C6H7ClO. The molecule has 1 heterocycles. The molecule has 1 atom stereocenters. The zero-order chi connectivity index (χ0) is 6.20. The molecule has 0 amide bonds. The molecule has 0 radical (unpaired) electrons. The van der Waals surface area contributed by atoms with Crippen molar-refractivity contribution in [1.29, 1.82) is 0 Å². The summed E-state index contributed by atoms with van der Waals surface area (Å²) in [6, 6.07) is 0. The summed E-state index contributed by atoms with van der Waals surface area (Å²) in [5.41, 5.74) is -0.0398. The average molecular weight is 131 g/mol. The lowest BCUT2D eigenvalue weighted by Crippen LogP contribution is -1.99. The van der Waals surface area contributed by atoms with Crippen molar-refractivity contribution in [3.8, 4) is 11.3 Å². The topological polar surface area (TPSA) is 12.5 Å². The Morgan fingerprint density at radius 2 is 2.12 bits per heavy atom. The molecule has 0 bridgehead atoms. The van der Waals surface area contributed by atoms with Gasteiger partial charge in [0.2, 0.25) is 0 Å². The maximum Gasteiger partial charge on any atom is 0.148 e. The predicted molar refractivity (Wildman–Crippen MR) is 32.6 cm³/mol. The first-order valence-corrected chi connectivity index (χ1v) is 2.83. The summed E-state index contributed by atoms with van der Waals surface area (Å²) in [7, 11) is 0. The molecule has 1 aliphatic heterocycles. The van der Waals surface area contributed by atoms with E-state index in [1.807, 2.05) is 13.8 Å². The Morgan fingerprint density at radius 1 is 1.62 bits per heavy atom. The third kappa shape index (κ3) is 0.964. The summed E-state index contributed by atoms with van der Waals surface area (Å²) in [5, 5.41) is 2.28. The Labute approximate surface area is 54.0 Å². The highest BCUT2D eigenvalue weighted by molar-refractivity contribution is 6.30. The molecule has 0 spiro atoms. The lowest BCUT2D eigenvalue weighted by molar-refractivity contribution is 0.335. The van der Waals surface area contributed by atoms with Gasteiger partial charge in [0.25, 0.3) is 0 Å². The van der Waals surface area contributed by atoms with E-state index in [-0.39, 0.29) is 11.7 Å². The van der Waals surface area contributed by atoms with Crippen LogP contribution < -0.4 is 0 Å². The number of ether oxygens (including phenoxy) is 1. The molecule has 1 rings (SSSR count). The number of halogens is 1. The van der Waals surface area contributed by atoms with Crippen molar-refractivity contribution < 1.29 is 4.74 Å². The van der Waals surface area contributed by atoms with E-state index < -0.39 is 0 Å². The fourth-order valence-corrected chi connectivity index (χ4v) is 0.622. The van der Waals surface area contributed by atoms with E-state index >= 15 is 0 Å². The molecule has 0 aromatic rings. The molecule has 0 saturated carbocycles. The van der Waals surface area contributed by atoms with Crippen molar-refractivity contribution in [2.75, 3.05) is 0 Å². The summed E-state index contributed by atoms with van der Waals surface area (Å²) in [5.74, 6) is 2.70. The van der Waals surface area contributed by atoms with Crippen LogP contribution in [0.5, 0.6) is 0 Å². The lowest BCUT2D eigenvalue weighted by Gasteiger charge is -1.84. The van der Waals surface area contributed by atoms with Crippen molar-refractivity contribution in [3.05, 3.63) is 0 Å². The van der Waals surface area contributed by atoms with Crippen LogP contribution in [-0.4, -0.2) is 11.7 Å². The Kier molecular flexibility index (Phi) is 1.22. The standard InChI is InChI=1S/C6H7ClO/c1-6(2)5(8-6)3-4-7/h5H,1-2H3. The van der Waals surface area contributed by atoms with Gasteiger partial charge in [0.05, 0.1) is 0 Å². The maximum absolute atomic E-state index is 5.12. The fraction of sp³-hybridized carbons (Fsp3) is 0.667. The Bertz CT molecular complexity index is 152. The van der Waals surface area contributed by atoms with Gasteiger partial charge in [-0.3, -0.25) is 0 Å². The summed E-state index contributed by atoms with van der Waals surface area (Å²) in [6.07, 6.45) is 0.0694. The fourth-order valence-electron chi connectivity index (χ4n) is 0.523. The molecule has 2 heteroatoms. The first-order valence-electron chi connectivity index (χ1n) is 2.46. The van der Waals surface area contributed by atoms with Gasteiger partial charge in [-0.2, -0.15) is 0 Å². The van der Waals surface area contributed by atoms with Gasteiger partial charge in [-0.05, 0) is 25.4 Å². The van der Waals surface area contributed by atoms with Gasteiger partial charge in [-0.15, -0.1) is 0 Å². The van der Waals surface area contributed by atoms with Crippen LogP contribution in [0.4, 0.5) is 0 Å². The van der Waals surface area contributed by atoms with E-state index in [2.05, 4.69) is 11.3 Å². The van der Waals surface area contributed by atoms with Crippen LogP contribution in [-0.2, 0) is 4.74 Å². The van der Waals surface area contributed by atoms with E-state index in [9.17, 15) is 0 Å². The van der Waals surface area contributed by atoms with Crippen LogP contribution in [0.15, 0.2) is 0 Å². The molecule has 1 fully saturated rings. The van der Waals surface area contributed by atoms with Crippen LogP contribution >= 0.6 is 11.6 Å². The highest BCUT2D eigenvalue weighted by Gasteiger charge is 2.46. The first-order chi connectivity index (χ1) is 3.67. The van der Waals surface area contributed by atoms with Crippen molar-refractivity contribution in [2.45, 2.75) is 25.6 Å². The second-order valence-electron chi connectivity index (χ2n) is 2.34. The minimum Gasteiger partial charge on any atom is -0.353 e. The zero-order valence-corrected chi connectivity index (χ0v) is 5.62. The molecule has 1 nitrogen and oxygen atoms in total. The van der Waals surface area contributed by atoms with Crippen LogP contribution in [0.2, 0.25) is 0 Å². The zero-order valence-electron chi connectivity index (χ0n) is 4.86. The van der Waals surface area contributed by atoms with E-state index in [1.54, 1.807) is 0 Å². The molecule has 0 aromatic heterocycles. The van der Waals surface area contributed by atoms with E-state index in [1.165, 1.54) is 0 Å². The van der Waals surface area contributed by atoms with Crippen molar-refractivity contribution in [1.82, 2.24) is 0 Å². The SMILES string of the molecule is CC1(C)OC1C#CCl. The smallest absolute Gasteiger partial charge is 0.148 e. The number of hydrogen-bond donors (Lipinski definition) is 0. The molecule has 0 aliphatic carbocycles. The van der Waals surface area contributed by atoms with Crippen molar-refractivity contribution in [2.24, 2.45) is 0 Å². The van der Waals surface area contributed by atoms with E-state index in [0.717, 1.165) is 0 Å². The maximum atomic E-state index is 5.12. The second-order valence-corrected chi connectivity index (χ2v) is 2.53. The quantitative estimate of drug-likeness (QED) is 0.356. The highest BCUT2D eigenvalue weighted by atomic mass is 35.5. The van der Waals surface area contributed by atoms with Gasteiger partial charge in [0.15, 0.2) is 0 Å². The van der Waals surface area contributed by atoms with Gasteiger partial charge in [0.1, 0.15) is 11.7 Å². The summed E-state index contributed by atoms with van der Waals surface area (Å²) in [6.45, 7) is 3.97. The predicted octanol–water partition coefficient (Wildman–Crippen LogP) is 1.36. The minimum absolute atomic E-state index is 0.0398. The molecular weight excluding hydrogens is 124 g/mol. The van der Waals surface area contributed by atoms with Gasteiger partial charge in [-0.1, -0.05) is 5.92 Å². The molecule has 1 unspecified atom stereocenters. The van der Waals surface area contributed by atoms with Gasteiger partial charge >= 0.3 is 0 Å². The van der Waals surface area contributed by atoms with Crippen LogP contribution in [0.1, 0.15) is 13.8 Å². The van der Waals surface area contributed by atoms with Crippen LogP contribution in [0.3, 0.4) is 0 Å². The Morgan fingerprint density at radius 3 is 2.25 bits per heavy atom. The molecule has 0 aromatic carbocycles. The summed E-state index contributed by atoms with van der Waals surface area (Å²) < 4.78 is 5.09. The monoisotopic (exact) mass is 130 g/mol. The second kappa shape index (κ2) is 1.65. The van der Waals surface area contributed by atoms with E-state index in [4.69, 9.17) is 16.3 Å². The molecule has 8 heavy (non-hydrogen) atoms. The lowest BCUT2D eigenvalue weighted by atomic mass is 10.1. The normalized spacial score (nSPS) is 30.6. The third-order valence-electron chi connectivity index (χ3n) is 1.18. The Balaban J connectivity index is 2.45. The third-order valence-corrected chi connectivity index (χ3v) is 1.29. The average Bonchev–Trinajstić information content (AvgIpc) is 2.15. The van der Waals surface area contributed by atoms with Gasteiger partial charge in [-0.25, -0.2) is 0 Å². The number of rotatable bonds is 0. The summed E-state index contributed by atoms with van der Waals surface area (Å²) in [4.78, 5) is 0. The Hall–Kier alpha value is -0.190. The van der Waals surface area contributed by atoms with Crippen LogP contribution in [0, 0.1) is 11.3 Å².